The fraction of sp³-hybridized carbons (Fsp3) is 0.571. The molecular formula is C14H20S. The van der Waals surface area contributed by atoms with Gasteiger partial charge in [0.2, 0.25) is 0 Å². The van der Waals surface area contributed by atoms with E-state index in [1.807, 2.05) is 0 Å². The molecule has 2 rings (SSSR count). The zero-order valence-corrected chi connectivity index (χ0v) is 10.9. The molecule has 0 saturated heterocycles. The van der Waals surface area contributed by atoms with E-state index in [0.29, 0.717) is 0 Å². The van der Waals surface area contributed by atoms with Crippen molar-refractivity contribution in [3.63, 3.8) is 0 Å². The molecule has 1 unspecified atom stereocenters. The highest BCUT2D eigenvalue weighted by molar-refractivity contribution is 8.00. The maximum atomic E-state index is 2.38. The molecular weight excluding hydrogens is 200 g/mol. The van der Waals surface area contributed by atoms with Crippen molar-refractivity contribution in [2.24, 2.45) is 5.92 Å². The quantitative estimate of drug-likeness (QED) is 0.676. The average molecular weight is 220 g/mol. The van der Waals surface area contributed by atoms with E-state index in [1.54, 1.807) is 0 Å². The van der Waals surface area contributed by atoms with Gasteiger partial charge in [0.05, 0.1) is 0 Å². The van der Waals surface area contributed by atoms with Crippen LogP contribution in [0.25, 0.3) is 0 Å². The Bertz CT molecular complexity index is 341. The molecule has 15 heavy (non-hydrogen) atoms. The monoisotopic (exact) mass is 220 g/mol. The first kappa shape index (κ1) is 11.1. The molecule has 1 atom stereocenters. The lowest BCUT2D eigenvalue weighted by atomic mass is 10.1. The van der Waals surface area contributed by atoms with Crippen LogP contribution in [0.15, 0.2) is 17.0 Å². The van der Waals surface area contributed by atoms with Gasteiger partial charge in [0.1, 0.15) is 0 Å². The van der Waals surface area contributed by atoms with Crippen LogP contribution in [0, 0.1) is 26.7 Å². The maximum Gasteiger partial charge on any atom is 0.0133 e. The van der Waals surface area contributed by atoms with E-state index in [4.69, 9.17) is 0 Å². The third-order valence-electron chi connectivity index (χ3n) is 3.19. The third kappa shape index (κ3) is 2.57. The van der Waals surface area contributed by atoms with Gasteiger partial charge in [-0.15, -0.1) is 11.8 Å². The number of hydrogen-bond acceptors (Lipinski definition) is 1. The first-order valence-corrected chi connectivity index (χ1v) is 6.70. The van der Waals surface area contributed by atoms with Crippen molar-refractivity contribution in [3.05, 3.63) is 28.8 Å². The molecule has 0 N–H and O–H groups in total. The fourth-order valence-electron chi connectivity index (χ4n) is 2.20. The van der Waals surface area contributed by atoms with Gasteiger partial charge in [0.15, 0.2) is 0 Å². The van der Waals surface area contributed by atoms with Crippen molar-refractivity contribution in [1.29, 1.82) is 0 Å². The minimum atomic E-state index is 0.796. The fourth-order valence-corrected chi connectivity index (χ4v) is 3.53. The van der Waals surface area contributed by atoms with Crippen molar-refractivity contribution in [2.75, 3.05) is 0 Å². The maximum absolute atomic E-state index is 2.38. The van der Waals surface area contributed by atoms with Gasteiger partial charge in [0.25, 0.3) is 0 Å². The molecule has 82 valence electrons. The SMILES string of the molecule is Cc1cc(C)c(SC(C)C2CC2)c(C)c1. The second-order valence-corrected chi connectivity index (χ2v) is 6.28. The summed E-state index contributed by atoms with van der Waals surface area (Å²) < 4.78 is 0. The van der Waals surface area contributed by atoms with Crippen LogP contribution in [-0.4, -0.2) is 5.25 Å². The molecule has 1 aliphatic rings. The van der Waals surface area contributed by atoms with Crippen molar-refractivity contribution in [2.45, 2.75) is 50.7 Å². The van der Waals surface area contributed by atoms with Crippen LogP contribution in [0.5, 0.6) is 0 Å². The highest BCUT2D eigenvalue weighted by atomic mass is 32.2. The average Bonchev–Trinajstić information content (AvgIpc) is 2.93. The molecule has 1 aliphatic carbocycles. The Labute approximate surface area is 97.5 Å². The molecule has 0 spiro atoms. The Balaban J connectivity index is 2.19. The Morgan fingerprint density at radius 2 is 1.67 bits per heavy atom. The predicted molar refractivity (Wildman–Crippen MR) is 68.7 cm³/mol. The molecule has 0 radical (unpaired) electrons. The largest absolute Gasteiger partial charge is 0.122 e. The van der Waals surface area contributed by atoms with Gasteiger partial charge in [-0.05, 0) is 50.7 Å². The molecule has 1 aromatic rings. The van der Waals surface area contributed by atoms with E-state index in [0.717, 1.165) is 11.2 Å². The number of thioether (sulfide) groups is 1. The molecule has 0 aliphatic heterocycles. The molecule has 0 heterocycles. The van der Waals surface area contributed by atoms with Crippen LogP contribution >= 0.6 is 11.8 Å². The zero-order chi connectivity index (χ0) is 11.0. The second kappa shape index (κ2) is 4.21. The van der Waals surface area contributed by atoms with Gasteiger partial charge in [-0.2, -0.15) is 0 Å². The molecule has 0 bridgehead atoms. The topological polar surface area (TPSA) is 0 Å². The first-order chi connectivity index (χ1) is 7.08. The lowest BCUT2D eigenvalue weighted by Gasteiger charge is -2.15. The van der Waals surface area contributed by atoms with E-state index in [9.17, 15) is 0 Å². The first-order valence-electron chi connectivity index (χ1n) is 5.82. The summed E-state index contributed by atoms with van der Waals surface area (Å²) in [4.78, 5) is 1.51. The van der Waals surface area contributed by atoms with Gasteiger partial charge in [-0.1, -0.05) is 24.6 Å². The summed E-state index contributed by atoms with van der Waals surface area (Å²) in [5, 5.41) is 0.796. The van der Waals surface area contributed by atoms with Gasteiger partial charge in [-0.3, -0.25) is 0 Å². The van der Waals surface area contributed by atoms with Crippen LogP contribution in [0.3, 0.4) is 0 Å². The van der Waals surface area contributed by atoms with Crippen LogP contribution in [0.1, 0.15) is 36.5 Å². The Morgan fingerprint density at radius 3 is 2.13 bits per heavy atom. The Morgan fingerprint density at radius 1 is 1.13 bits per heavy atom. The summed E-state index contributed by atoms with van der Waals surface area (Å²) in [7, 11) is 0. The Hall–Kier alpha value is -0.430. The van der Waals surface area contributed by atoms with Gasteiger partial charge in [-0.25, -0.2) is 0 Å². The molecule has 1 aromatic carbocycles. The standard InChI is InChI=1S/C14H20S/c1-9-7-10(2)14(11(3)8-9)15-12(4)13-5-6-13/h7-8,12-13H,5-6H2,1-4H3. The number of hydrogen-bond donors (Lipinski definition) is 0. The van der Waals surface area contributed by atoms with Crippen LogP contribution in [-0.2, 0) is 0 Å². The summed E-state index contributed by atoms with van der Waals surface area (Å²) in [5.41, 5.74) is 4.28. The van der Waals surface area contributed by atoms with Crippen LogP contribution in [0.2, 0.25) is 0 Å². The highest BCUT2D eigenvalue weighted by Gasteiger charge is 2.29. The van der Waals surface area contributed by atoms with Gasteiger partial charge >= 0.3 is 0 Å². The van der Waals surface area contributed by atoms with Gasteiger partial charge in [0, 0.05) is 10.1 Å². The minimum Gasteiger partial charge on any atom is -0.122 e. The number of rotatable bonds is 3. The molecule has 1 heteroatoms. The molecule has 1 saturated carbocycles. The number of aryl methyl sites for hydroxylation is 3. The molecule has 0 aromatic heterocycles. The zero-order valence-electron chi connectivity index (χ0n) is 10.1. The van der Waals surface area contributed by atoms with Crippen molar-refractivity contribution in [3.8, 4) is 0 Å². The lowest BCUT2D eigenvalue weighted by Crippen LogP contribution is -2.00. The van der Waals surface area contributed by atoms with E-state index in [2.05, 4.69) is 51.6 Å². The third-order valence-corrected chi connectivity index (χ3v) is 4.83. The van der Waals surface area contributed by atoms with Crippen molar-refractivity contribution >= 4 is 11.8 Å². The number of benzene rings is 1. The summed E-state index contributed by atoms with van der Waals surface area (Å²) in [6, 6.07) is 4.60. The summed E-state index contributed by atoms with van der Waals surface area (Å²) in [6.07, 6.45) is 2.89. The van der Waals surface area contributed by atoms with E-state index < -0.39 is 0 Å². The van der Waals surface area contributed by atoms with E-state index >= 15 is 0 Å². The second-order valence-electron chi connectivity index (χ2n) is 4.89. The van der Waals surface area contributed by atoms with Gasteiger partial charge < -0.3 is 0 Å². The molecule has 0 amide bonds. The van der Waals surface area contributed by atoms with Crippen molar-refractivity contribution < 1.29 is 0 Å². The predicted octanol–water partition coefficient (Wildman–Crippen LogP) is 4.50. The van der Waals surface area contributed by atoms with E-state index in [-0.39, 0.29) is 0 Å². The molecule has 1 fully saturated rings. The molecule has 0 nitrogen and oxygen atoms in total. The van der Waals surface area contributed by atoms with Crippen molar-refractivity contribution in [1.82, 2.24) is 0 Å². The minimum absolute atomic E-state index is 0.796. The van der Waals surface area contributed by atoms with E-state index in [1.165, 1.54) is 34.4 Å². The summed E-state index contributed by atoms with van der Waals surface area (Å²) in [6.45, 7) is 9.03. The lowest BCUT2D eigenvalue weighted by molar-refractivity contribution is 0.819. The smallest absolute Gasteiger partial charge is 0.0133 e. The summed E-state index contributed by atoms with van der Waals surface area (Å²) in [5.74, 6) is 0.982. The van der Waals surface area contributed by atoms with Crippen LogP contribution < -0.4 is 0 Å². The summed E-state index contributed by atoms with van der Waals surface area (Å²) >= 11 is 2.08. The normalized spacial score (nSPS) is 17.9. The highest BCUT2D eigenvalue weighted by Crippen LogP contribution is 2.43. The van der Waals surface area contributed by atoms with Crippen LogP contribution in [0.4, 0.5) is 0 Å². The Kier molecular flexibility index (Phi) is 3.11.